The maximum Gasteiger partial charge on any atom is 0.0218 e. The fourth-order valence-electron chi connectivity index (χ4n) is 2.58. The summed E-state index contributed by atoms with van der Waals surface area (Å²) in [6, 6.07) is 8.63. The Morgan fingerprint density at radius 2 is 1.67 bits per heavy atom. The van der Waals surface area contributed by atoms with Crippen molar-refractivity contribution in [2.24, 2.45) is 5.73 Å². The van der Waals surface area contributed by atoms with Crippen LogP contribution in [-0.4, -0.2) is 5.54 Å². The zero-order chi connectivity index (χ0) is 12.9. The Morgan fingerprint density at radius 1 is 1.17 bits per heavy atom. The summed E-state index contributed by atoms with van der Waals surface area (Å²) >= 11 is 0. The van der Waals surface area contributed by atoms with E-state index in [-0.39, 0.29) is 17.9 Å². The average Bonchev–Trinajstić information content (AvgIpc) is 2.40. The van der Waals surface area contributed by atoms with Crippen LogP contribution in [0.2, 0.25) is 0 Å². The van der Waals surface area contributed by atoms with Gasteiger partial charge in [0.15, 0.2) is 0 Å². The molecule has 0 saturated carbocycles. The second kappa shape index (κ2) is 7.60. The molecule has 0 bridgehead atoms. The summed E-state index contributed by atoms with van der Waals surface area (Å²) in [7, 11) is 0. The van der Waals surface area contributed by atoms with E-state index in [2.05, 4.69) is 51.6 Å². The van der Waals surface area contributed by atoms with Crippen molar-refractivity contribution >= 4 is 18.5 Å². The molecule has 0 aliphatic heterocycles. The predicted molar refractivity (Wildman–Crippen MR) is 84.3 cm³/mol. The third kappa shape index (κ3) is 3.60. The first kappa shape index (κ1) is 17.2. The van der Waals surface area contributed by atoms with E-state index in [1.54, 1.807) is 0 Å². The van der Waals surface area contributed by atoms with Crippen molar-refractivity contribution in [2.45, 2.75) is 51.5 Å². The molecule has 0 saturated heterocycles. The fraction of sp³-hybridized carbons (Fsp3) is 0.500. The molecule has 2 N–H and O–H groups in total. The van der Waals surface area contributed by atoms with E-state index < -0.39 is 0 Å². The molecule has 0 heterocycles. The molecular weight excluding hydrogens is 242 g/mol. The van der Waals surface area contributed by atoms with Crippen molar-refractivity contribution in [3.05, 3.63) is 42.0 Å². The molecule has 1 atom stereocenters. The summed E-state index contributed by atoms with van der Waals surface area (Å²) in [4.78, 5) is 0. The first-order valence-electron chi connectivity index (χ1n) is 6.62. The number of nitrogens with two attached hydrogens (primary N) is 1. The van der Waals surface area contributed by atoms with Crippen molar-refractivity contribution in [1.29, 1.82) is 0 Å². The maximum absolute atomic E-state index is 6.53. The molecule has 0 amide bonds. The molecule has 0 aliphatic rings. The lowest BCUT2D eigenvalue weighted by molar-refractivity contribution is 0.313. The van der Waals surface area contributed by atoms with Gasteiger partial charge < -0.3 is 5.73 Å². The van der Waals surface area contributed by atoms with E-state index in [1.807, 2.05) is 6.08 Å². The average molecular weight is 268 g/mol. The topological polar surface area (TPSA) is 26.0 Å². The van der Waals surface area contributed by atoms with Crippen LogP contribution in [-0.2, 0) is 0 Å². The van der Waals surface area contributed by atoms with E-state index in [9.17, 15) is 0 Å². The summed E-state index contributed by atoms with van der Waals surface area (Å²) in [6.07, 6.45) is 5.00. The van der Waals surface area contributed by atoms with E-state index in [0.29, 0.717) is 5.92 Å². The molecular formula is C16H26ClN. The third-order valence-electron chi connectivity index (χ3n) is 3.99. The zero-order valence-corrected chi connectivity index (χ0v) is 12.6. The first-order chi connectivity index (χ1) is 8.11. The Morgan fingerprint density at radius 3 is 2.00 bits per heavy atom. The molecule has 0 aliphatic carbocycles. The SMILES string of the molecule is C=Cc1ccc(C(CC)C(N)(CC)CC)cc1.Cl. The van der Waals surface area contributed by atoms with Crippen molar-refractivity contribution < 1.29 is 0 Å². The van der Waals surface area contributed by atoms with Gasteiger partial charge in [0.05, 0.1) is 0 Å². The Kier molecular flexibility index (Phi) is 7.27. The van der Waals surface area contributed by atoms with Crippen molar-refractivity contribution in [2.75, 3.05) is 0 Å². The lowest BCUT2D eigenvalue weighted by Crippen LogP contribution is -2.44. The van der Waals surface area contributed by atoms with Gasteiger partial charge in [-0.15, -0.1) is 12.4 Å². The number of halogens is 1. The lowest BCUT2D eigenvalue weighted by Gasteiger charge is -2.36. The summed E-state index contributed by atoms with van der Waals surface area (Å²) in [6.45, 7) is 10.4. The van der Waals surface area contributed by atoms with Gasteiger partial charge >= 0.3 is 0 Å². The second-order valence-electron chi connectivity index (χ2n) is 4.77. The summed E-state index contributed by atoms with van der Waals surface area (Å²) < 4.78 is 0. The number of hydrogen-bond acceptors (Lipinski definition) is 1. The normalized spacial score (nSPS) is 12.7. The van der Waals surface area contributed by atoms with Crippen LogP contribution >= 0.6 is 12.4 Å². The Hall–Kier alpha value is -0.790. The highest BCUT2D eigenvalue weighted by atomic mass is 35.5. The van der Waals surface area contributed by atoms with E-state index in [0.717, 1.165) is 19.3 Å². The number of rotatable bonds is 6. The van der Waals surface area contributed by atoms with Crippen LogP contribution in [0.1, 0.15) is 57.1 Å². The summed E-state index contributed by atoms with van der Waals surface area (Å²) in [5.74, 6) is 0.441. The second-order valence-corrected chi connectivity index (χ2v) is 4.77. The van der Waals surface area contributed by atoms with Crippen LogP contribution in [0.5, 0.6) is 0 Å². The minimum atomic E-state index is -0.0789. The fourth-order valence-corrected chi connectivity index (χ4v) is 2.58. The highest BCUT2D eigenvalue weighted by Gasteiger charge is 2.31. The molecule has 0 radical (unpaired) electrons. The smallest absolute Gasteiger partial charge is 0.0218 e. The largest absolute Gasteiger partial charge is 0.325 e. The highest BCUT2D eigenvalue weighted by molar-refractivity contribution is 5.85. The quantitative estimate of drug-likeness (QED) is 0.790. The minimum absolute atomic E-state index is 0. The highest BCUT2D eigenvalue weighted by Crippen LogP contribution is 2.34. The van der Waals surface area contributed by atoms with Gasteiger partial charge in [-0.25, -0.2) is 0 Å². The van der Waals surface area contributed by atoms with Gasteiger partial charge in [0.1, 0.15) is 0 Å². The van der Waals surface area contributed by atoms with Gasteiger partial charge in [-0.1, -0.05) is 57.7 Å². The molecule has 0 spiro atoms. The van der Waals surface area contributed by atoms with Crippen LogP contribution in [0.15, 0.2) is 30.8 Å². The number of hydrogen-bond donors (Lipinski definition) is 1. The first-order valence-corrected chi connectivity index (χ1v) is 6.62. The molecule has 18 heavy (non-hydrogen) atoms. The standard InChI is InChI=1S/C16H25N.ClH/c1-5-13-9-11-14(12-10-13)15(6-2)16(17,7-3)8-4;/h5,9-12,15H,1,6-8,17H2,2-4H3;1H. The third-order valence-corrected chi connectivity index (χ3v) is 3.99. The molecule has 1 aromatic rings. The van der Waals surface area contributed by atoms with Gasteiger partial charge in [0, 0.05) is 11.5 Å². The van der Waals surface area contributed by atoms with Crippen LogP contribution < -0.4 is 5.73 Å². The van der Waals surface area contributed by atoms with Gasteiger partial charge in [-0.05, 0) is 30.4 Å². The van der Waals surface area contributed by atoms with Gasteiger partial charge in [0.25, 0.3) is 0 Å². The van der Waals surface area contributed by atoms with Crippen LogP contribution in [0, 0.1) is 0 Å². The monoisotopic (exact) mass is 267 g/mol. The minimum Gasteiger partial charge on any atom is -0.325 e. The van der Waals surface area contributed by atoms with E-state index in [4.69, 9.17) is 5.73 Å². The van der Waals surface area contributed by atoms with Crippen molar-refractivity contribution in [1.82, 2.24) is 0 Å². The van der Waals surface area contributed by atoms with Crippen molar-refractivity contribution in [3.8, 4) is 0 Å². The lowest BCUT2D eigenvalue weighted by atomic mass is 9.75. The summed E-state index contributed by atoms with van der Waals surface area (Å²) in [5.41, 5.74) is 8.97. The zero-order valence-electron chi connectivity index (χ0n) is 11.8. The van der Waals surface area contributed by atoms with Gasteiger partial charge in [-0.2, -0.15) is 0 Å². The molecule has 1 aromatic carbocycles. The van der Waals surface area contributed by atoms with Crippen LogP contribution in [0.4, 0.5) is 0 Å². The van der Waals surface area contributed by atoms with Crippen LogP contribution in [0.3, 0.4) is 0 Å². The van der Waals surface area contributed by atoms with E-state index >= 15 is 0 Å². The Balaban J connectivity index is 0.00000289. The Labute approximate surface area is 118 Å². The maximum atomic E-state index is 6.53. The Bertz CT molecular complexity index is 352. The molecule has 1 rings (SSSR count). The van der Waals surface area contributed by atoms with E-state index in [1.165, 1.54) is 11.1 Å². The molecule has 1 unspecified atom stereocenters. The molecule has 1 nitrogen and oxygen atoms in total. The number of benzene rings is 1. The van der Waals surface area contributed by atoms with Gasteiger partial charge in [-0.3, -0.25) is 0 Å². The molecule has 102 valence electrons. The molecule has 0 aromatic heterocycles. The predicted octanol–water partition coefficient (Wildman–Crippen LogP) is 4.76. The molecule has 0 fully saturated rings. The van der Waals surface area contributed by atoms with Gasteiger partial charge in [0.2, 0.25) is 0 Å². The summed E-state index contributed by atoms with van der Waals surface area (Å²) in [5, 5.41) is 0. The van der Waals surface area contributed by atoms with Crippen LogP contribution in [0.25, 0.3) is 6.08 Å². The molecule has 2 heteroatoms. The van der Waals surface area contributed by atoms with Crippen molar-refractivity contribution in [3.63, 3.8) is 0 Å².